The van der Waals surface area contributed by atoms with E-state index < -0.39 is 5.60 Å². The molecule has 2 aromatic carbocycles. The molecule has 0 saturated heterocycles. The van der Waals surface area contributed by atoms with Crippen LogP contribution >= 0.6 is 23.4 Å². The van der Waals surface area contributed by atoms with Gasteiger partial charge in [0.25, 0.3) is 0 Å². The smallest absolute Gasteiger partial charge is 0.139 e. The molecule has 10 heteroatoms. The molecule has 0 aliphatic heterocycles. The lowest BCUT2D eigenvalue weighted by Crippen LogP contribution is -2.44. The SMILES string of the molecule is C=C(SCC=O)N(NNC)c1ccc(C2CC2)cc1Cl.CC.CC.CNc1ccc(C#CC(C)(C)OCCO)cc1O. The van der Waals surface area contributed by atoms with E-state index in [1.165, 1.54) is 30.2 Å². The van der Waals surface area contributed by atoms with Gasteiger partial charge in [0.1, 0.15) is 17.6 Å². The van der Waals surface area contributed by atoms with Crippen LogP contribution in [0.5, 0.6) is 5.75 Å². The van der Waals surface area contributed by atoms with Crippen molar-refractivity contribution in [3.05, 3.63) is 64.2 Å². The lowest BCUT2D eigenvalue weighted by molar-refractivity contribution is -0.105. The second-order valence-electron chi connectivity index (χ2n) is 8.87. The molecule has 0 aromatic heterocycles. The predicted molar refractivity (Wildman–Crippen MR) is 180 cm³/mol. The van der Waals surface area contributed by atoms with Crippen molar-refractivity contribution in [3.63, 3.8) is 0 Å². The number of carbonyl (C=O) groups is 1. The van der Waals surface area contributed by atoms with Gasteiger partial charge in [-0.05, 0) is 68.5 Å². The van der Waals surface area contributed by atoms with E-state index in [0.29, 0.717) is 33.0 Å². The van der Waals surface area contributed by atoms with Crippen LogP contribution in [0.15, 0.2) is 48.0 Å². The molecule has 42 heavy (non-hydrogen) atoms. The van der Waals surface area contributed by atoms with Crippen molar-refractivity contribution in [2.75, 3.05) is 43.4 Å². The molecule has 234 valence electrons. The molecule has 8 nitrogen and oxygen atoms in total. The van der Waals surface area contributed by atoms with Gasteiger partial charge >= 0.3 is 0 Å². The van der Waals surface area contributed by atoms with Gasteiger partial charge in [-0.3, -0.25) is 5.01 Å². The van der Waals surface area contributed by atoms with Crippen molar-refractivity contribution in [3.8, 4) is 17.6 Å². The molecule has 0 atom stereocenters. The first kappa shape index (κ1) is 39.3. The molecule has 3 rings (SSSR count). The van der Waals surface area contributed by atoms with Crippen molar-refractivity contribution in [1.29, 1.82) is 0 Å². The maximum atomic E-state index is 10.5. The minimum absolute atomic E-state index is 0.0250. The monoisotopic (exact) mass is 620 g/mol. The van der Waals surface area contributed by atoms with Crippen LogP contribution in [0.25, 0.3) is 0 Å². The number of aliphatic hydroxyl groups is 1. The summed E-state index contributed by atoms with van der Waals surface area (Å²) >= 11 is 7.73. The molecule has 1 aliphatic rings. The van der Waals surface area contributed by atoms with Crippen LogP contribution in [0.1, 0.15) is 71.4 Å². The zero-order chi connectivity index (χ0) is 32.1. The van der Waals surface area contributed by atoms with Crippen LogP contribution in [0.3, 0.4) is 0 Å². The Morgan fingerprint density at radius 2 is 1.86 bits per heavy atom. The number of nitrogens with zero attached hydrogens (tertiary/aromatic N) is 1. The van der Waals surface area contributed by atoms with E-state index in [4.69, 9.17) is 21.4 Å². The van der Waals surface area contributed by atoms with Gasteiger partial charge in [-0.15, -0.1) is 0 Å². The number of aromatic hydroxyl groups is 1. The van der Waals surface area contributed by atoms with Gasteiger partial charge < -0.3 is 25.1 Å². The van der Waals surface area contributed by atoms with E-state index in [0.717, 1.165) is 12.0 Å². The second kappa shape index (κ2) is 21.9. The average molecular weight is 621 g/mol. The number of ether oxygens (including phenoxy) is 1. The summed E-state index contributed by atoms with van der Waals surface area (Å²) in [5, 5.41) is 24.4. The molecule has 1 saturated carbocycles. The standard InChI is InChI=1S/C14H18ClN3OS.C14H19NO3.2C2H6/c1-10(20-8-7-19)18(17-16-2)14-6-5-12(9-13(14)15)11-3-4-11;1-14(2,18-9-8-16)7-6-11-4-5-12(15-3)13(17)10-11;2*1-2/h5-7,9,11,16-17H,1,3-4,8H2,2H3;4-5,10,15-17H,8-9H2,1-3H3;2*1-2H3. The Bertz CT molecular complexity index is 1150. The summed E-state index contributed by atoms with van der Waals surface area (Å²) in [6, 6.07) is 11.3. The van der Waals surface area contributed by atoms with Crippen LogP contribution in [0, 0.1) is 11.8 Å². The highest BCUT2D eigenvalue weighted by atomic mass is 35.5. The quantitative estimate of drug-likeness (QED) is 0.0768. The van der Waals surface area contributed by atoms with Gasteiger partial charge in [-0.1, -0.05) is 75.5 Å². The van der Waals surface area contributed by atoms with Crippen LogP contribution in [0.4, 0.5) is 11.4 Å². The summed E-state index contributed by atoms with van der Waals surface area (Å²) in [6.45, 7) is 15.9. The molecule has 0 spiro atoms. The van der Waals surface area contributed by atoms with Gasteiger partial charge in [0.05, 0.1) is 40.4 Å². The number of hydrogen-bond acceptors (Lipinski definition) is 9. The Hall–Kier alpha value is -2.71. The normalized spacial score (nSPS) is 11.6. The summed E-state index contributed by atoms with van der Waals surface area (Å²) in [4.78, 5) is 10.5. The zero-order valence-corrected chi connectivity index (χ0v) is 27.9. The van der Waals surface area contributed by atoms with E-state index in [1.54, 1.807) is 31.2 Å². The van der Waals surface area contributed by atoms with E-state index >= 15 is 0 Å². The van der Waals surface area contributed by atoms with Gasteiger partial charge in [-0.2, -0.15) is 5.53 Å². The molecule has 2 aromatic rings. The Kier molecular flexibility index (Phi) is 20.5. The number of halogens is 1. The van der Waals surface area contributed by atoms with Crippen LogP contribution in [-0.2, 0) is 9.53 Å². The molecule has 1 aliphatic carbocycles. The number of aliphatic hydroxyl groups excluding tert-OH is 1. The van der Waals surface area contributed by atoms with Gasteiger partial charge in [0, 0.05) is 19.7 Å². The molecular weight excluding hydrogens is 572 g/mol. The minimum Gasteiger partial charge on any atom is -0.506 e. The number of thioether (sulfide) groups is 1. The number of rotatable bonds is 12. The van der Waals surface area contributed by atoms with Gasteiger partial charge in [0.15, 0.2) is 0 Å². The topological polar surface area (TPSA) is 106 Å². The maximum absolute atomic E-state index is 10.5. The van der Waals surface area contributed by atoms with E-state index in [1.807, 2.05) is 59.7 Å². The number of anilines is 2. The molecule has 0 bridgehead atoms. The zero-order valence-electron chi connectivity index (χ0n) is 26.3. The number of phenolic OH excluding ortho intramolecular Hbond substituents is 1. The first-order valence-electron chi connectivity index (χ1n) is 14.2. The number of benzene rings is 2. The molecule has 1 fully saturated rings. The molecule has 0 amide bonds. The Balaban J connectivity index is 0.000000719. The average Bonchev–Trinajstić information content (AvgIpc) is 3.85. The third-order valence-electron chi connectivity index (χ3n) is 5.38. The Morgan fingerprint density at radius 1 is 1.19 bits per heavy atom. The molecule has 0 radical (unpaired) electrons. The number of nitrogens with one attached hydrogen (secondary N) is 3. The first-order valence-corrected chi connectivity index (χ1v) is 15.6. The summed E-state index contributed by atoms with van der Waals surface area (Å²) in [5.74, 6) is 7.09. The van der Waals surface area contributed by atoms with Crippen molar-refractivity contribution < 1.29 is 19.7 Å². The highest BCUT2D eigenvalue weighted by molar-refractivity contribution is 8.03. The number of hydrazine groups is 2. The molecule has 5 N–H and O–H groups in total. The lowest BCUT2D eigenvalue weighted by atomic mass is 10.1. The molecular formula is C32H49ClN4O4S. The van der Waals surface area contributed by atoms with Crippen molar-refractivity contribution >= 4 is 41.0 Å². The number of aldehydes is 1. The summed E-state index contributed by atoms with van der Waals surface area (Å²) in [7, 11) is 3.50. The predicted octanol–water partition coefficient (Wildman–Crippen LogP) is 6.69. The van der Waals surface area contributed by atoms with E-state index in [-0.39, 0.29) is 19.0 Å². The first-order chi connectivity index (χ1) is 20.1. The van der Waals surface area contributed by atoms with Crippen LogP contribution in [-0.4, -0.2) is 55.2 Å². The minimum atomic E-state index is -0.625. The highest BCUT2D eigenvalue weighted by Crippen LogP contribution is 2.42. The Labute approximate surface area is 262 Å². The maximum Gasteiger partial charge on any atom is 0.139 e. The Morgan fingerprint density at radius 3 is 2.36 bits per heavy atom. The fraction of sp³-hybridized carbons (Fsp3) is 0.469. The van der Waals surface area contributed by atoms with E-state index in [2.05, 4.69) is 40.8 Å². The lowest BCUT2D eigenvalue weighted by Gasteiger charge is -2.27. The third kappa shape index (κ3) is 14.5. The fourth-order valence-electron chi connectivity index (χ4n) is 3.32. The fourth-order valence-corrected chi connectivity index (χ4v) is 4.13. The largest absolute Gasteiger partial charge is 0.506 e. The highest BCUT2D eigenvalue weighted by Gasteiger charge is 2.25. The molecule has 0 heterocycles. The van der Waals surface area contributed by atoms with Gasteiger partial charge in [0.2, 0.25) is 0 Å². The second-order valence-corrected chi connectivity index (χ2v) is 10.4. The van der Waals surface area contributed by atoms with Crippen LogP contribution < -0.4 is 21.3 Å². The summed E-state index contributed by atoms with van der Waals surface area (Å²) in [6.07, 6.45) is 3.34. The number of phenols is 1. The van der Waals surface area contributed by atoms with Crippen molar-refractivity contribution in [1.82, 2.24) is 11.0 Å². The number of hydrogen-bond donors (Lipinski definition) is 5. The summed E-state index contributed by atoms with van der Waals surface area (Å²) < 4.78 is 5.38. The van der Waals surface area contributed by atoms with Crippen molar-refractivity contribution in [2.45, 2.75) is 65.9 Å². The van der Waals surface area contributed by atoms with Crippen molar-refractivity contribution in [2.24, 2.45) is 0 Å². The van der Waals surface area contributed by atoms with Crippen LogP contribution in [0.2, 0.25) is 5.02 Å². The molecule has 0 unspecified atom stereocenters. The third-order valence-corrected chi connectivity index (χ3v) is 6.50. The van der Waals surface area contributed by atoms with Gasteiger partial charge in [-0.25, -0.2) is 5.43 Å². The number of carbonyl (C=O) groups excluding carboxylic acids is 1. The van der Waals surface area contributed by atoms with E-state index in [9.17, 15) is 9.90 Å². The summed E-state index contributed by atoms with van der Waals surface area (Å²) in [5.41, 5.74) is 8.68.